The van der Waals surface area contributed by atoms with E-state index in [9.17, 15) is 9.59 Å². The van der Waals surface area contributed by atoms with Gasteiger partial charge in [0, 0.05) is 7.05 Å². The Morgan fingerprint density at radius 1 is 1.29 bits per heavy atom. The molecule has 0 aromatic heterocycles. The minimum absolute atomic E-state index is 0.132. The van der Waals surface area contributed by atoms with Crippen molar-refractivity contribution in [3.05, 3.63) is 20.4 Å². The molecule has 5 heteroatoms. The van der Waals surface area contributed by atoms with Gasteiger partial charge in [-0.15, -0.1) is 0 Å². The van der Waals surface area contributed by atoms with E-state index in [0.29, 0.717) is 0 Å². The van der Waals surface area contributed by atoms with Crippen LogP contribution in [0.5, 0.6) is 5.75 Å². The molecule has 78 valence electrons. The van der Waals surface area contributed by atoms with Gasteiger partial charge in [0.1, 0.15) is 5.69 Å². The number of hydrogen-bond donors (Lipinski definition) is 2. The van der Waals surface area contributed by atoms with Crippen molar-refractivity contribution < 1.29 is 4.74 Å². The van der Waals surface area contributed by atoms with E-state index in [1.807, 2.05) is 0 Å². The van der Waals surface area contributed by atoms with Gasteiger partial charge in [-0.1, -0.05) is 0 Å². The van der Waals surface area contributed by atoms with Gasteiger partial charge < -0.3 is 15.4 Å². The van der Waals surface area contributed by atoms with E-state index >= 15 is 0 Å². The van der Waals surface area contributed by atoms with Crippen LogP contribution in [0, 0.1) is 0 Å². The summed E-state index contributed by atoms with van der Waals surface area (Å²) in [7, 11) is 2.93. The third-order valence-electron chi connectivity index (χ3n) is 2.03. The van der Waals surface area contributed by atoms with Crippen molar-refractivity contribution >= 4 is 5.69 Å². The number of nitrogens with one attached hydrogen (secondary N) is 2. The molecule has 0 aliphatic carbocycles. The van der Waals surface area contributed by atoms with Crippen LogP contribution in [0.3, 0.4) is 0 Å². The zero-order chi connectivity index (χ0) is 10.6. The van der Waals surface area contributed by atoms with Gasteiger partial charge in [0.2, 0.25) is 0 Å². The summed E-state index contributed by atoms with van der Waals surface area (Å²) in [4.78, 5) is 21.2. The van der Waals surface area contributed by atoms with Crippen LogP contribution in [0.4, 0.5) is 5.69 Å². The molecule has 0 unspecified atom stereocenters. The summed E-state index contributed by atoms with van der Waals surface area (Å²) in [6.07, 6.45) is 1.39. The van der Waals surface area contributed by atoms with Gasteiger partial charge in [-0.05, 0) is 19.5 Å². The highest BCUT2D eigenvalue weighted by Crippen LogP contribution is 2.14. The Kier molecular flexibility index (Phi) is 3.64. The molecule has 1 aromatic carbocycles. The summed E-state index contributed by atoms with van der Waals surface area (Å²) in [5, 5.41) is 5.68. The number of hydrogen-bond acceptors (Lipinski definition) is 5. The van der Waals surface area contributed by atoms with Crippen molar-refractivity contribution in [3.8, 4) is 5.75 Å². The normalized spacial score (nSPS) is 13.9. The van der Waals surface area contributed by atoms with Crippen LogP contribution in [-0.2, 0) is 0 Å². The Hall–Kier alpha value is -1.36. The van der Waals surface area contributed by atoms with Crippen molar-refractivity contribution in [2.45, 2.75) is 6.42 Å². The van der Waals surface area contributed by atoms with Crippen molar-refractivity contribution in [2.24, 2.45) is 0 Å². The molecule has 0 bridgehead atoms. The van der Waals surface area contributed by atoms with E-state index < -0.39 is 10.9 Å². The van der Waals surface area contributed by atoms with Gasteiger partial charge in [0.05, 0.1) is 7.11 Å². The molecule has 0 spiro atoms. The Balaban J connectivity index is 0.000000203. The molecule has 2 N–H and O–H groups in total. The molecular weight excluding hydrogens is 184 g/mol. The maximum absolute atomic E-state index is 10.6. The molecule has 0 amide bonds. The van der Waals surface area contributed by atoms with Crippen molar-refractivity contribution in [1.82, 2.24) is 5.32 Å². The lowest BCUT2D eigenvalue weighted by Gasteiger charge is -2.09. The third-order valence-corrected chi connectivity index (χ3v) is 2.03. The number of ether oxygens (including phenoxy) is 1. The topological polar surface area (TPSA) is 67.4 Å². The van der Waals surface area contributed by atoms with Crippen LogP contribution < -0.4 is 26.2 Å². The highest BCUT2D eigenvalue weighted by atomic mass is 16.5. The van der Waals surface area contributed by atoms with E-state index in [-0.39, 0.29) is 11.4 Å². The average Bonchev–Trinajstić information content (AvgIpc) is 2.09. The van der Waals surface area contributed by atoms with Crippen LogP contribution >= 0.6 is 0 Å². The first-order chi connectivity index (χ1) is 6.72. The largest absolute Gasteiger partial charge is 0.491 e. The SMILES string of the molecule is C1CNC1.CNc1c(OC)c(=O)c1=O. The monoisotopic (exact) mass is 198 g/mol. The van der Waals surface area contributed by atoms with Gasteiger partial charge in [-0.2, -0.15) is 0 Å². The summed E-state index contributed by atoms with van der Waals surface area (Å²) in [5.41, 5.74) is -0.779. The molecule has 0 saturated carbocycles. The minimum atomic E-state index is -0.549. The lowest BCUT2D eigenvalue weighted by atomic mass is 10.2. The molecule has 1 saturated heterocycles. The third kappa shape index (κ3) is 1.93. The Labute approximate surface area is 81.8 Å². The summed E-state index contributed by atoms with van der Waals surface area (Å²) in [6, 6.07) is 0. The summed E-state index contributed by atoms with van der Waals surface area (Å²) >= 11 is 0. The Morgan fingerprint density at radius 3 is 2.00 bits per heavy atom. The zero-order valence-corrected chi connectivity index (χ0v) is 8.35. The number of methoxy groups -OCH3 is 1. The van der Waals surface area contributed by atoms with Crippen LogP contribution in [-0.4, -0.2) is 27.2 Å². The molecule has 1 aliphatic rings. The molecule has 1 aromatic rings. The molecule has 0 radical (unpaired) electrons. The van der Waals surface area contributed by atoms with E-state index in [1.165, 1.54) is 26.6 Å². The van der Waals surface area contributed by atoms with Gasteiger partial charge in [0.15, 0.2) is 5.75 Å². The maximum Gasteiger partial charge on any atom is 0.271 e. The van der Waals surface area contributed by atoms with E-state index in [4.69, 9.17) is 0 Å². The average molecular weight is 198 g/mol. The van der Waals surface area contributed by atoms with Gasteiger partial charge in [0.25, 0.3) is 10.9 Å². The van der Waals surface area contributed by atoms with E-state index in [0.717, 1.165) is 0 Å². The Morgan fingerprint density at radius 2 is 1.79 bits per heavy atom. The highest BCUT2D eigenvalue weighted by molar-refractivity contribution is 5.61. The fourth-order valence-electron chi connectivity index (χ4n) is 0.969. The molecule has 1 fully saturated rings. The van der Waals surface area contributed by atoms with Crippen molar-refractivity contribution in [2.75, 3.05) is 32.6 Å². The lowest BCUT2D eigenvalue weighted by Crippen LogP contribution is -2.34. The predicted octanol–water partition coefficient (Wildman–Crippen LogP) is -0.687. The van der Waals surface area contributed by atoms with Crippen LogP contribution in [0.15, 0.2) is 9.59 Å². The zero-order valence-electron chi connectivity index (χ0n) is 8.35. The van der Waals surface area contributed by atoms with Gasteiger partial charge in [-0.25, -0.2) is 0 Å². The minimum Gasteiger partial charge on any atom is -0.491 e. The van der Waals surface area contributed by atoms with Crippen LogP contribution in [0.2, 0.25) is 0 Å². The summed E-state index contributed by atoms with van der Waals surface area (Å²) in [6.45, 7) is 2.50. The molecule has 2 rings (SSSR count). The summed E-state index contributed by atoms with van der Waals surface area (Å²) in [5.74, 6) is 0.132. The summed E-state index contributed by atoms with van der Waals surface area (Å²) < 4.78 is 4.62. The Bertz CT molecular complexity index is 326. The second kappa shape index (κ2) is 4.76. The van der Waals surface area contributed by atoms with Crippen molar-refractivity contribution in [3.63, 3.8) is 0 Å². The van der Waals surface area contributed by atoms with Gasteiger partial charge in [-0.3, -0.25) is 9.59 Å². The quantitative estimate of drug-likeness (QED) is 0.616. The predicted molar refractivity (Wildman–Crippen MR) is 54.9 cm³/mol. The fraction of sp³-hybridized carbons (Fsp3) is 0.556. The maximum atomic E-state index is 10.6. The van der Waals surface area contributed by atoms with E-state index in [2.05, 4.69) is 15.4 Å². The second-order valence-electron chi connectivity index (χ2n) is 2.92. The number of anilines is 1. The lowest BCUT2D eigenvalue weighted by molar-refractivity contribution is 0.408. The molecule has 14 heavy (non-hydrogen) atoms. The molecular formula is C9H14N2O3. The molecule has 0 atom stereocenters. The fourth-order valence-corrected chi connectivity index (χ4v) is 0.969. The first kappa shape index (κ1) is 10.7. The second-order valence-corrected chi connectivity index (χ2v) is 2.92. The number of rotatable bonds is 2. The first-order valence-corrected chi connectivity index (χ1v) is 4.48. The smallest absolute Gasteiger partial charge is 0.271 e. The molecule has 1 aliphatic heterocycles. The highest BCUT2D eigenvalue weighted by Gasteiger charge is 2.19. The standard InChI is InChI=1S/C6H7NO3.C3H7N/c1-7-3-4(8)5(9)6(3)10-2;1-2-4-3-1/h7H,1-2H3;4H,1-3H2. The van der Waals surface area contributed by atoms with Crippen LogP contribution in [0.25, 0.3) is 0 Å². The molecule has 5 nitrogen and oxygen atoms in total. The first-order valence-electron chi connectivity index (χ1n) is 4.48. The molecule has 1 heterocycles. The van der Waals surface area contributed by atoms with Crippen molar-refractivity contribution in [1.29, 1.82) is 0 Å². The van der Waals surface area contributed by atoms with Gasteiger partial charge >= 0.3 is 0 Å². The van der Waals surface area contributed by atoms with E-state index in [1.54, 1.807) is 7.05 Å². The van der Waals surface area contributed by atoms with Crippen LogP contribution in [0.1, 0.15) is 6.42 Å².